The van der Waals surface area contributed by atoms with Gasteiger partial charge in [0.05, 0.1) is 11.6 Å². The number of hydrogen-bond donors (Lipinski definition) is 1. The Hall–Kier alpha value is -1.10. The molecule has 0 aliphatic carbocycles. The van der Waals surface area contributed by atoms with Gasteiger partial charge in [0.2, 0.25) is 11.8 Å². The van der Waals surface area contributed by atoms with Gasteiger partial charge < -0.3 is 10.5 Å². The van der Waals surface area contributed by atoms with E-state index in [4.69, 9.17) is 10.5 Å². The normalized spacial score (nSPS) is 12.2. The molecule has 1 amide bonds. The van der Waals surface area contributed by atoms with Crippen molar-refractivity contribution < 1.29 is 9.53 Å². The molecular weight excluding hydrogens is 260 g/mol. The highest BCUT2D eigenvalue weighted by Crippen LogP contribution is 2.22. The standard InChI is InChI=1S/C10H13BrN2O2/c1-6(9(12)14)5-7-3-4-8(11)10(13-7)15-2/h3-4,6H,5H2,1-2H3,(H2,12,14). The average Bonchev–Trinajstić information content (AvgIpc) is 2.20. The summed E-state index contributed by atoms with van der Waals surface area (Å²) in [5.41, 5.74) is 5.97. The molecule has 0 fully saturated rings. The number of methoxy groups -OCH3 is 1. The average molecular weight is 273 g/mol. The molecule has 1 unspecified atom stereocenters. The summed E-state index contributed by atoms with van der Waals surface area (Å²) in [6.45, 7) is 1.78. The number of hydrogen-bond acceptors (Lipinski definition) is 3. The largest absolute Gasteiger partial charge is 0.480 e. The molecule has 0 aliphatic heterocycles. The first-order valence-corrected chi connectivity index (χ1v) is 5.32. The molecule has 15 heavy (non-hydrogen) atoms. The van der Waals surface area contributed by atoms with Crippen LogP contribution < -0.4 is 10.5 Å². The van der Waals surface area contributed by atoms with Crippen LogP contribution in [0.5, 0.6) is 5.88 Å². The first-order valence-electron chi connectivity index (χ1n) is 4.53. The van der Waals surface area contributed by atoms with Gasteiger partial charge in [-0.3, -0.25) is 4.79 Å². The van der Waals surface area contributed by atoms with Crippen LogP contribution >= 0.6 is 15.9 Å². The maximum atomic E-state index is 10.9. The molecule has 0 saturated heterocycles. The summed E-state index contributed by atoms with van der Waals surface area (Å²) in [6, 6.07) is 3.68. The SMILES string of the molecule is COc1nc(CC(C)C(N)=O)ccc1Br. The lowest BCUT2D eigenvalue weighted by atomic mass is 10.1. The summed E-state index contributed by atoms with van der Waals surface area (Å²) >= 11 is 3.31. The second-order valence-corrected chi connectivity index (χ2v) is 4.16. The van der Waals surface area contributed by atoms with E-state index in [2.05, 4.69) is 20.9 Å². The summed E-state index contributed by atoms with van der Waals surface area (Å²) in [6.07, 6.45) is 0.527. The number of primary amides is 1. The van der Waals surface area contributed by atoms with Gasteiger partial charge in [0.25, 0.3) is 0 Å². The van der Waals surface area contributed by atoms with Crippen molar-refractivity contribution in [3.05, 3.63) is 22.3 Å². The lowest BCUT2D eigenvalue weighted by molar-refractivity contribution is -0.121. The maximum absolute atomic E-state index is 10.9. The van der Waals surface area contributed by atoms with Crippen LogP contribution in [-0.4, -0.2) is 18.0 Å². The van der Waals surface area contributed by atoms with Gasteiger partial charge in [-0.15, -0.1) is 0 Å². The molecule has 1 aromatic rings. The van der Waals surface area contributed by atoms with Crippen LogP contribution in [0.2, 0.25) is 0 Å². The molecule has 0 aromatic carbocycles. The summed E-state index contributed by atoms with van der Waals surface area (Å²) in [5.74, 6) is -0.0220. The van der Waals surface area contributed by atoms with E-state index in [0.29, 0.717) is 12.3 Å². The van der Waals surface area contributed by atoms with E-state index < -0.39 is 0 Å². The zero-order chi connectivity index (χ0) is 11.4. The minimum Gasteiger partial charge on any atom is -0.480 e. The van der Waals surface area contributed by atoms with Gasteiger partial charge in [-0.05, 0) is 28.1 Å². The lowest BCUT2D eigenvalue weighted by Gasteiger charge is -2.08. The van der Waals surface area contributed by atoms with Crippen molar-refractivity contribution in [2.45, 2.75) is 13.3 Å². The van der Waals surface area contributed by atoms with Crippen LogP contribution in [0.25, 0.3) is 0 Å². The molecule has 1 aromatic heterocycles. The van der Waals surface area contributed by atoms with Crippen molar-refractivity contribution in [3.63, 3.8) is 0 Å². The van der Waals surface area contributed by atoms with E-state index in [1.54, 1.807) is 14.0 Å². The molecule has 0 aliphatic rings. The summed E-state index contributed by atoms with van der Waals surface area (Å²) in [5, 5.41) is 0. The van der Waals surface area contributed by atoms with E-state index >= 15 is 0 Å². The maximum Gasteiger partial charge on any atom is 0.227 e. The Morgan fingerprint density at radius 3 is 2.87 bits per heavy atom. The molecule has 82 valence electrons. The number of aromatic nitrogens is 1. The molecule has 0 spiro atoms. The van der Waals surface area contributed by atoms with Crippen molar-refractivity contribution in [1.29, 1.82) is 0 Å². The van der Waals surface area contributed by atoms with E-state index in [1.807, 2.05) is 12.1 Å². The fraction of sp³-hybridized carbons (Fsp3) is 0.400. The highest BCUT2D eigenvalue weighted by molar-refractivity contribution is 9.10. The van der Waals surface area contributed by atoms with Crippen molar-refractivity contribution >= 4 is 21.8 Å². The fourth-order valence-electron chi connectivity index (χ4n) is 1.13. The van der Waals surface area contributed by atoms with Gasteiger partial charge in [0.1, 0.15) is 0 Å². The summed E-state index contributed by atoms with van der Waals surface area (Å²) < 4.78 is 5.85. The molecule has 4 nitrogen and oxygen atoms in total. The third kappa shape index (κ3) is 3.20. The van der Waals surface area contributed by atoms with Crippen LogP contribution in [0, 0.1) is 5.92 Å². The van der Waals surface area contributed by atoms with Gasteiger partial charge in [0, 0.05) is 18.0 Å². The Labute approximate surface area is 97.0 Å². The van der Waals surface area contributed by atoms with Crippen LogP contribution in [0.15, 0.2) is 16.6 Å². The number of pyridine rings is 1. The first-order chi connectivity index (χ1) is 7.04. The van der Waals surface area contributed by atoms with Crippen molar-refractivity contribution in [2.24, 2.45) is 11.7 Å². The fourth-order valence-corrected chi connectivity index (χ4v) is 1.52. The molecular formula is C10H13BrN2O2. The number of nitrogens with zero attached hydrogens (tertiary/aromatic N) is 1. The Kier molecular flexibility index (Phi) is 4.08. The van der Waals surface area contributed by atoms with Crippen molar-refractivity contribution in [1.82, 2.24) is 4.98 Å². The van der Waals surface area contributed by atoms with Crippen LogP contribution in [0.4, 0.5) is 0 Å². The smallest absolute Gasteiger partial charge is 0.227 e. The van der Waals surface area contributed by atoms with Gasteiger partial charge in [-0.2, -0.15) is 0 Å². The molecule has 0 saturated carbocycles. The number of rotatable bonds is 4. The van der Waals surface area contributed by atoms with Gasteiger partial charge in [-0.1, -0.05) is 6.92 Å². The number of carbonyl (C=O) groups is 1. The second-order valence-electron chi connectivity index (χ2n) is 3.30. The van der Waals surface area contributed by atoms with E-state index in [1.165, 1.54) is 0 Å². The molecule has 1 heterocycles. The van der Waals surface area contributed by atoms with E-state index in [-0.39, 0.29) is 11.8 Å². The highest BCUT2D eigenvalue weighted by Gasteiger charge is 2.11. The van der Waals surface area contributed by atoms with Gasteiger partial charge in [0.15, 0.2) is 0 Å². The third-order valence-corrected chi connectivity index (χ3v) is 2.67. The predicted molar refractivity (Wildman–Crippen MR) is 60.6 cm³/mol. The van der Waals surface area contributed by atoms with E-state index in [9.17, 15) is 4.79 Å². The summed E-state index contributed by atoms with van der Waals surface area (Å²) in [7, 11) is 1.55. The van der Waals surface area contributed by atoms with Crippen LogP contribution in [0.3, 0.4) is 0 Å². The van der Waals surface area contributed by atoms with Crippen molar-refractivity contribution in [3.8, 4) is 5.88 Å². The number of ether oxygens (including phenoxy) is 1. The zero-order valence-corrected chi connectivity index (χ0v) is 10.2. The van der Waals surface area contributed by atoms with Gasteiger partial charge in [-0.25, -0.2) is 4.98 Å². The molecule has 2 N–H and O–H groups in total. The molecule has 1 rings (SSSR count). The first kappa shape index (κ1) is 12.0. The number of nitrogens with two attached hydrogens (primary N) is 1. The second kappa shape index (κ2) is 5.11. The number of carbonyl (C=O) groups excluding carboxylic acids is 1. The highest BCUT2D eigenvalue weighted by atomic mass is 79.9. The molecule has 5 heteroatoms. The monoisotopic (exact) mass is 272 g/mol. The number of amides is 1. The summed E-state index contributed by atoms with van der Waals surface area (Å²) in [4.78, 5) is 15.1. The predicted octanol–water partition coefficient (Wildman–Crippen LogP) is 1.52. The van der Waals surface area contributed by atoms with Crippen LogP contribution in [0.1, 0.15) is 12.6 Å². The zero-order valence-electron chi connectivity index (χ0n) is 8.66. The van der Waals surface area contributed by atoms with Gasteiger partial charge >= 0.3 is 0 Å². The lowest BCUT2D eigenvalue weighted by Crippen LogP contribution is -2.22. The van der Waals surface area contributed by atoms with E-state index in [0.717, 1.165) is 10.2 Å². The van der Waals surface area contributed by atoms with Crippen LogP contribution in [-0.2, 0) is 11.2 Å². The topological polar surface area (TPSA) is 65.2 Å². The third-order valence-electron chi connectivity index (χ3n) is 2.07. The molecule has 0 radical (unpaired) electrons. The Balaban J connectivity index is 2.83. The molecule has 0 bridgehead atoms. The number of halogens is 1. The minimum absolute atomic E-state index is 0.219. The Bertz CT molecular complexity index is 368. The molecule has 1 atom stereocenters. The van der Waals surface area contributed by atoms with Crippen molar-refractivity contribution in [2.75, 3.05) is 7.11 Å². The quantitative estimate of drug-likeness (QED) is 0.904. The Morgan fingerprint density at radius 2 is 2.33 bits per heavy atom. The minimum atomic E-state index is -0.321. The Morgan fingerprint density at radius 1 is 1.67 bits per heavy atom.